The zero-order valence-corrected chi connectivity index (χ0v) is 15.0. The molecule has 5 heteroatoms. The van der Waals surface area contributed by atoms with Crippen LogP contribution in [0.15, 0.2) is 42.5 Å². The lowest BCUT2D eigenvalue weighted by Crippen LogP contribution is -2.43. The van der Waals surface area contributed by atoms with Gasteiger partial charge in [0.05, 0.1) is 20.8 Å². The van der Waals surface area contributed by atoms with Gasteiger partial charge in [0.1, 0.15) is 11.9 Å². The molecule has 1 aliphatic heterocycles. The Morgan fingerprint density at radius 1 is 1.08 bits per heavy atom. The first-order chi connectivity index (χ1) is 12.2. The molecule has 0 radical (unpaired) electrons. The van der Waals surface area contributed by atoms with Crippen LogP contribution >= 0.6 is 0 Å². The molecule has 0 aromatic heterocycles. The van der Waals surface area contributed by atoms with E-state index in [4.69, 9.17) is 18.9 Å². The smallest absolute Gasteiger partial charge is 0.164 e. The van der Waals surface area contributed by atoms with Crippen molar-refractivity contribution >= 4 is 0 Å². The van der Waals surface area contributed by atoms with E-state index in [1.165, 1.54) is 5.56 Å². The molecule has 1 aliphatic rings. The molecule has 0 aliphatic carbocycles. The van der Waals surface area contributed by atoms with Crippen LogP contribution in [0.3, 0.4) is 0 Å². The average Bonchev–Trinajstić information content (AvgIpc) is 2.66. The normalized spacial score (nSPS) is 18.4. The van der Waals surface area contributed by atoms with Crippen molar-refractivity contribution in [2.75, 3.05) is 33.9 Å². The molecule has 0 amide bonds. The first kappa shape index (κ1) is 17.6. The second-order valence-corrected chi connectivity index (χ2v) is 6.08. The van der Waals surface area contributed by atoms with Gasteiger partial charge in [-0.25, -0.2) is 0 Å². The summed E-state index contributed by atoms with van der Waals surface area (Å²) in [4.78, 5) is 0. The van der Waals surface area contributed by atoms with Crippen LogP contribution in [0.4, 0.5) is 0 Å². The zero-order valence-electron chi connectivity index (χ0n) is 15.0. The summed E-state index contributed by atoms with van der Waals surface area (Å²) in [5.41, 5.74) is 2.28. The lowest BCUT2D eigenvalue weighted by Gasteiger charge is -2.32. The summed E-state index contributed by atoms with van der Waals surface area (Å²) in [6, 6.07) is 13.9. The van der Waals surface area contributed by atoms with Crippen molar-refractivity contribution in [1.29, 1.82) is 0 Å². The molecular weight excluding hydrogens is 318 g/mol. The van der Waals surface area contributed by atoms with E-state index in [0.29, 0.717) is 18.1 Å². The molecule has 2 atom stereocenters. The molecule has 0 saturated carbocycles. The number of ether oxygens (including phenoxy) is 4. The topological polar surface area (TPSA) is 49.0 Å². The number of morpholine rings is 1. The molecule has 1 N–H and O–H groups in total. The van der Waals surface area contributed by atoms with Crippen LogP contribution in [0.25, 0.3) is 0 Å². The molecule has 0 spiro atoms. The van der Waals surface area contributed by atoms with E-state index in [0.717, 1.165) is 24.4 Å². The van der Waals surface area contributed by atoms with Crippen molar-refractivity contribution < 1.29 is 18.9 Å². The minimum Gasteiger partial charge on any atom is -0.497 e. The van der Waals surface area contributed by atoms with Crippen molar-refractivity contribution in [3.8, 4) is 17.2 Å². The van der Waals surface area contributed by atoms with Crippen LogP contribution in [0.1, 0.15) is 17.2 Å². The molecule has 134 valence electrons. The molecule has 0 bridgehead atoms. The summed E-state index contributed by atoms with van der Waals surface area (Å²) >= 11 is 0. The number of nitrogens with one attached hydrogen (secondary N) is 1. The number of methoxy groups -OCH3 is 2. The maximum atomic E-state index is 6.37. The second kappa shape index (κ2) is 8.23. The Kier molecular flexibility index (Phi) is 5.79. The Balaban J connectivity index is 1.92. The minimum absolute atomic E-state index is 0.0673. The lowest BCUT2D eigenvalue weighted by molar-refractivity contribution is -0.0438. The fraction of sp³-hybridized carbons (Fsp3) is 0.400. The molecule has 2 aromatic carbocycles. The van der Waals surface area contributed by atoms with Gasteiger partial charge < -0.3 is 24.3 Å². The second-order valence-electron chi connectivity index (χ2n) is 6.08. The average molecular weight is 343 g/mol. The monoisotopic (exact) mass is 343 g/mol. The highest BCUT2D eigenvalue weighted by atomic mass is 16.6. The van der Waals surface area contributed by atoms with E-state index in [9.17, 15) is 0 Å². The van der Waals surface area contributed by atoms with E-state index in [1.54, 1.807) is 14.2 Å². The first-order valence-corrected chi connectivity index (χ1v) is 8.49. The summed E-state index contributed by atoms with van der Waals surface area (Å²) in [6.07, 6.45) is -0.294. The highest BCUT2D eigenvalue weighted by Crippen LogP contribution is 2.36. The summed E-state index contributed by atoms with van der Waals surface area (Å²) in [7, 11) is 3.26. The van der Waals surface area contributed by atoms with Crippen LogP contribution in [-0.4, -0.2) is 40.0 Å². The van der Waals surface area contributed by atoms with E-state index in [-0.39, 0.29) is 12.2 Å². The molecule has 25 heavy (non-hydrogen) atoms. The Hall–Kier alpha value is -2.24. The van der Waals surface area contributed by atoms with Crippen molar-refractivity contribution in [3.63, 3.8) is 0 Å². The van der Waals surface area contributed by atoms with Gasteiger partial charge >= 0.3 is 0 Å². The van der Waals surface area contributed by atoms with Crippen LogP contribution in [-0.2, 0) is 4.74 Å². The largest absolute Gasteiger partial charge is 0.497 e. The molecule has 5 nitrogen and oxygen atoms in total. The Labute approximate surface area is 148 Å². The molecular formula is C20H25NO4. The number of hydrogen-bond acceptors (Lipinski definition) is 5. The summed E-state index contributed by atoms with van der Waals surface area (Å²) in [6.45, 7) is 4.37. The Morgan fingerprint density at radius 2 is 1.96 bits per heavy atom. The third-order valence-electron chi connectivity index (χ3n) is 4.29. The van der Waals surface area contributed by atoms with Gasteiger partial charge in [-0.3, -0.25) is 0 Å². The van der Waals surface area contributed by atoms with Gasteiger partial charge in [0.2, 0.25) is 0 Å². The van der Waals surface area contributed by atoms with Crippen molar-refractivity contribution in [1.82, 2.24) is 5.32 Å². The SMILES string of the molecule is COc1ccc(OC(c2cccc(C)c2)C2CNCCO2)c(OC)c1. The Morgan fingerprint density at radius 3 is 2.64 bits per heavy atom. The van der Waals surface area contributed by atoms with E-state index in [1.807, 2.05) is 24.3 Å². The number of rotatable bonds is 6. The fourth-order valence-corrected chi connectivity index (χ4v) is 2.99. The maximum absolute atomic E-state index is 6.37. The first-order valence-electron chi connectivity index (χ1n) is 8.49. The molecule has 1 saturated heterocycles. The standard InChI is InChI=1S/C20H25NO4/c1-14-5-4-6-15(11-14)20(19-13-21-9-10-24-19)25-17-8-7-16(22-2)12-18(17)23-3/h4-8,11-12,19-21H,9-10,13H2,1-3H3. The van der Waals surface area contributed by atoms with Crippen molar-refractivity contribution in [2.45, 2.75) is 19.1 Å². The van der Waals surface area contributed by atoms with E-state index in [2.05, 4.69) is 30.4 Å². The molecule has 3 rings (SSSR count). The Bertz CT molecular complexity index is 698. The number of hydrogen-bond donors (Lipinski definition) is 1. The van der Waals surface area contributed by atoms with Gasteiger partial charge in [-0.15, -0.1) is 0 Å². The molecule has 1 fully saturated rings. The number of aryl methyl sites for hydroxylation is 1. The zero-order chi connectivity index (χ0) is 17.6. The minimum atomic E-state index is -0.227. The predicted octanol–water partition coefficient (Wildman–Crippen LogP) is 3.12. The van der Waals surface area contributed by atoms with Crippen molar-refractivity contribution in [2.24, 2.45) is 0 Å². The predicted molar refractivity (Wildman–Crippen MR) is 96.7 cm³/mol. The molecule has 2 unspecified atom stereocenters. The van der Waals surface area contributed by atoms with Crippen LogP contribution < -0.4 is 19.5 Å². The van der Waals surface area contributed by atoms with Gasteiger partial charge in [-0.1, -0.05) is 29.8 Å². The van der Waals surface area contributed by atoms with E-state index >= 15 is 0 Å². The molecule has 1 heterocycles. The van der Waals surface area contributed by atoms with Crippen molar-refractivity contribution in [3.05, 3.63) is 53.6 Å². The fourth-order valence-electron chi connectivity index (χ4n) is 2.99. The highest BCUT2D eigenvalue weighted by molar-refractivity contribution is 5.46. The highest BCUT2D eigenvalue weighted by Gasteiger charge is 2.29. The maximum Gasteiger partial charge on any atom is 0.164 e. The van der Waals surface area contributed by atoms with Gasteiger partial charge in [-0.05, 0) is 24.6 Å². The third-order valence-corrected chi connectivity index (χ3v) is 4.29. The van der Waals surface area contributed by atoms with Gasteiger partial charge in [0.25, 0.3) is 0 Å². The van der Waals surface area contributed by atoms with Crippen LogP contribution in [0, 0.1) is 6.92 Å². The van der Waals surface area contributed by atoms with Crippen LogP contribution in [0.5, 0.6) is 17.2 Å². The van der Waals surface area contributed by atoms with Gasteiger partial charge in [-0.2, -0.15) is 0 Å². The quantitative estimate of drug-likeness (QED) is 0.873. The van der Waals surface area contributed by atoms with Gasteiger partial charge in [0, 0.05) is 19.2 Å². The third kappa shape index (κ3) is 4.24. The lowest BCUT2D eigenvalue weighted by atomic mass is 10.0. The summed E-state index contributed by atoms with van der Waals surface area (Å²) in [5, 5.41) is 3.38. The molecule has 2 aromatic rings. The summed E-state index contributed by atoms with van der Waals surface area (Å²) in [5.74, 6) is 2.04. The number of benzene rings is 2. The van der Waals surface area contributed by atoms with Crippen LogP contribution in [0.2, 0.25) is 0 Å². The van der Waals surface area contributed by atoms with E-state index < -0.39 is 0 Å². The summed E-state index contributed by atoms with van der Waals surface area (Å²) < 4.78 is 23.1. The van der Waals surface area contributed by atoms with Gasteiger partial charge in [0.15, 0.2) is 17.6 Å².